The summed E-state index contributed by atoms with van der Waals surface area (Å²) in [6.07, 6.45) is 1.08. The number of methoxy groups -OCH3 is 1. The molecule has 0 saturated heterocycles. The SMILES string of the molecule is COc1ccc2cc1OCCCNC(=O)c1cc(ccc1F)Oc1ccc3c(c1)CCN(C(=O)c1ccc(CN)cc1)C23. The summed E-state index contributed by atoms with van der Waals surface area (Å²) in [5.74, 6) is 0.726. The molecule has 0 aliphatic carbocycles. The van der Waals surface area contributed by atoms with Gasteiger partial charge in [0.1, 0.15) is 17.3 Å². The average molecular weight is 582 g/mol. The second-order valence-electron chi connectivity index (χ2n) is 10.5. The molecule has 3 N–H and O–H groups in total. The summed E-state index contributed by atoms with van der Waals surface area (Å²) in [4.78, 5) is 28.6. The summed E-state index contributed by atoms with van der Waals surface area (Å²) in [5.41, 5.74) is 10.1. The number of ether oxygens (including phenoxy) is 3. The van der Waals surface area contributed by atoms with E-state index in [4.69, 9.17) is 19.9 Å². The van der Waals surface area contributed by atoms with Gasteiger partial charge in [0.2, 0.25) is 0 Å². The Morgan fingerprint density at radius 1 is 1.05 bits per heavy atom. The van der Waals surface area contributed by atoms with Gasteiger partial charge in [-0.3, -0.25) is 9.59 Å². The normalized spacial score (nSPS) is 16.3. The minimum Gasteiger partial charge on any atom is -0.493 e. The number of fused-ring (bicyclic) bond motifs is 6. The maximum Gasteiger partial charge on any atom is 0.254 e. The van der Waals surface area contributed by atoms with Crippen molar-refractivity contribution >= 4 is 11.8 Å². The summed E-state index contributed by atoms with van der Waals surface area (Å²) in [6.45, 7) is 1.44. The minimum absolute atomic E-state index is 0.0884. The van der Waals surface area contributed by atoms with Gasteiger partial charge in [0.25, 0.3) is 11.8 Å². The van der Waals surface area contributed by atoms with Crippen molar-refractivity contribution in [3.05, 3.63) is 118 Å². The topological polar surface area (TPSA) is 103 Å². The van der Waals surface area contributed by atoms with Crippen LogP contribution in [-0.4, -0.2) is 43.5 Å². The monoisotopic (exact) mass is 581 g/mol. The zero-order valence-electron chi connectivity index (χ0n) is 23.8. The molecule has 9 heteroatoms. The van der Waals surface area contributed by atoms with E-state index in [0.717, 1.165) is 22.3 Å². The molecule has 4 aromatic rings. The summed E-state index contributed by atoms with van der Waals surface area (Å²) < 4.78 is 32.3. The van der Waals surface area contributed by atoms with Crippen LogP contribution in [0, 0.1) is 5.82 Å². The third-order valence-electron chi connectivity index (χ3n) is 7.83. The second kappa shape index (κ2) is 12.1. The first-order chi connectivity index (χ1) is 20.9. The van der Waals surface area contributed by atoms with Gasteiger partial charge in [-0.05, 0) is 89.7 Å². The molecule has 7 rings (SSSR count). The largest absolute Gasteiger partial charge is 0.493 e. The van der Waals surface area contributed by atoms with E-state index in [-0.39, 0.29) is 24.6 Å². The van der Waals surface area contributed by atoms with Gasteiger partial charge >= 0.3 is 0 Å². The molecule has 2 amide bonds. The van der Waals surface area contributed by atoms with E-state index >= 15 is 0 Å². The van der Waals surface area contributed by atoms with E-state index < -0.39 is 17.8 Å². The molecule has 0 fully saturated rings. The number of halogens is 1. The molecular formula is C34H32FN3O5. The number of carbonyl (C=O) groups excluding carboxylic acids is 2. The molecule has 0 saturated carbocycles. The van der Waals surface area contributed by atoms with Crippen molar-refractivity contribution in [1.82, 2.24) is 10.2 Å². The summed E-state index contributed by atoms with van der Waals surface area (Å²) in [6, 6.07) is 22.5. The molecule has 0 aromatic heterocycles. The molecule has 220 valence electrons. The highest BCUT2D eigenvalue weighted by Gasteiger charge is 2.33. The Labute approximate surface area is 249 Å². The number of nitrogens with two attached hydrogens (primary N) is 1. The molecule has 0 spiro atoms. The van der Waals surface area contributed by atoms with Crippen LogP contribution in [0.3, 0.4) is 0 Å². The Morgan fingerprint density at radius 3 is 2.63 bits per heavy atom. The van der Waals surface area contributed by atoms with Crippen LogP contribution < -0.4 is 25.3 Å². The van der Waals surface area contributed by atoms with Crippen molar-refractivity contribution in [3.63, 3.8) is 0 Å². The quantitative estimate of drug-likeness (QED) is 0.337. The van der Waals surface area contributed by atoms with Gasteiger partial charge in [-0.2, -0.15) is 0 Å². The first-order valence-corrected chi connectivity index (χ1v) is 14.2. The lowest BCUT2D eigenvalue weighted by atomic mass is 9.87. The van der Waals surface area contributed by atoms with E-state index in [0.29, 0.717) is 54.5 Å². The van der Waals surface area contributed by atoms with Gasteiger partial charge in [-0.1, -0.05) is 24.3 Å². The Hall–Kier alpha value is -4.89. The lowest BCUT2D eigenvalue weighted by molar-refractivity contribution is 0.0694. The van der Waals surface area contributed by atoms with Gasteiger partial charge in [0.15, 0.2) is 11.5 Å². The summed E-state index contributed by atoms with van der Waals surface area (Å²) in [7, 11) is 1.57. The number of benzene rings is 4. The molecule has 8 bridgehead atoms. The maximum absolute atomic E-state index is 14.5. The van der Waals surface area contributed by atoms with E-state index in [2.05, 4.69) is 5.32 Å². The number of nitrogens with zero attached hydrogens (tertiary/aromatic N) is 1. The molecule has 1 unspecified atom stereocenters. The number of carbonyl (C=O) groups is 2. The van der Waals surface area contributed by atoms with Gasteiger partial charge in [0, 0.05) is 25.2 Å². The smallest absolute Gasteiger partial charge is 0.254 e. The van der Waals surface area contributed by atoms with Crippen molar-refractivity contribution < 1.29 is 28.2 Å². The molecule has 0 radical (unpaired) electrons. The van der Waals surface area contributed by atoms with Crippen LogP contribution in [0.5, 0.6) is 23.0 Å². The molecule has 8 nitrogen and oxygen atoms in total. The van der Waals surface area contributed by atoms with Gasteiger partial charge < -0.3 is 30.2 Å². The van der Waals surface area contributed by atoms with E-state index in [9.17, 15) is 14.0 Å². The Kier molecular flexibility index (Phi) is 7.98. The van der Waals surface area contributed by atoms with Crippen LogP contribution in [0.25, 0.3) is 0 Å². The van der Waals surface area contributed by atoms with Crippen LogP contribution in [0.2, 0.25) is 0 Å². The third kappa shape index (κ3) is 5.76. The molecule has 3 aliphatic rings. The Morgan fingerprint density at radius 2 is 1.84 bits per heavy atom. The van der Waals surface area contributed by atoms with Crippen molar-refractivity contribution in [1.29, 1.82) is 0 Å². The van der Waals surface area contributed by atoms with Gasteiger partial charge in [0.05, 0.1) is 25.3 Å². The fourth-order valence-corrected chi connectivity index (χ4v) is 5.60. The second-order valence-corrected chi connectivity index (χ2v) is 10.5. The van der Waals surface area contributed by atoms with Crippen LogP contribution in [0.1, 0.15) is 55.4 Å². The molecule has 1 atom stereocenters. The van der Waals surface area contributed by atoms with Crippen molar-refractivity contribution in [3.8, 4) is 23.0 Å². The van der Waals surface area contributed by atoms with Crippen LogP contribution >= 0.6 is 0 Å². The standard InChI is InChI=1S/C34H32FN3O5/c1-41-30-12-7-24-18-31(30)42-16-2-14-37-33(39)28-19-26(9-11-29(28)35)43-25-8-10-27-23(17-25)13-15-38(32(24)27)34(40)22-5-3-21(20-36)4-6-22/h3-12,17-19,32H,2,13-16,20,36H2,1H3,(H,37,39). The van der Waals surface area contributed by atoms with Crippen molar-refractivity contribution in [2.75, 3.05) is 26.8 Å². The number of hydrogen-bond donors (Lipinski definition) is 2. The molecular weight excluding hydrogens is 549 g/mol. The van der Waals surface area contributed by atoms with Gasteiger partial charge in [-0.15, -0.1) is 0 Å². The van der Waals surface area contributed by atoms with Crippen molar-refractivity contribution in [2.45, 2.75) is 25.4 Å². The Balaban J connectivity index is 1.44. The number of hydrogen-bond acceptors (Lipinski definition) is 6. The lowest BCUT2D eigenvalue weighted by Crippen LogP contribution is -2.40. The average Bonchev–Trinajstić information content (AvgIpc) is 3.04. The number of rotatable bonds is 3. The first kappa shape index (κ1) is 28.2. The maximum atomic E-state index is 14.5. The van der Waals surface area contributed by atoms with E-state index in [1.807, 2.05) is 65.6 Å². The fraction of sp³-hybridized carbons (Fsp3) is 0.235. The highest BCUT2D eigenvalue weighted by atomic mass is 19.1. The zero-order chi connectivity index (χ0) is 29.9. The zero-order valence-corrected chi connectivity index (χ0v) is 23.8. The lowest BCUT2D eigenvalue weighted by Gasteiger charge is -2.38. The summed E-state index contributed by atoms with van der Waals surface area (Å²) >= 11 is 0. The number of amides is 2. The molecule has 3 aliphatic heterocycles. The van der Waals surface area contributed by atoms with Crippen molar-refractivity contribution in [2.24, 2.45) is 5.73 Å². The highest BCUT2D eigenvalue weighted by molar-refractivity contribution is 5.95. The molecule has 3 heterocycles. The summed E-state index contributed by atoms with van der Waals surface area (Å²) in [5, 5.41) is 2.75. The highest BCUT2D eigenvalue weighted by Crippen LogP contribution is 2.41. The minimum atomic E-state index is -0.632. The predicted molar refractivity (Wildman–Crippen MR) is 159 cm³/mol. The van der Waals surface area contributed by atoms with Crippen LogP contribution in [-0.2, 0) is 13.0 Å². The molecule has 4 aromatic carbocycles. The third-order valence-corrected chi connectivity index (χ3v) is 7.83. The molecule has 43 heavy (non-hydrogen) atoms. The van der Waals surface area contributed by atoms with Crippen LogP contribution in [0.15, 0.2) is 78.9 Å². The van der Waals surface area contributed by atoms with E-state index in [1.165, 1.54) is 18.2 Å². The number of nitrogens with one attached hydrogen (secondary N) is 1. The Bertz CT molecular complexity index is 1670. The van der Waals surface area contributed by atoms with E-state index in [1.54, 1.807) is 7.11 Å². The fourth-order valence-electron chi connectivity index (χ4n) is 5.60. The first-order valence-electron chi connectivity index (χ1n) is 14.2. The van der Waals surface area contributed by atoms with Crippen LogP contribution in [0.4, 0.5) is 4.39 Å². The van der Waals surface area contributed by atoms with Gasteiger partial charge in [-0.25, -0.2) is 4.39 Å². The predicted octanol–water partition coefficient (Wildman–Crippen LogP) is 5.39.